The van der Waals surface area contributed by atoms with Crippen LogP contribution in [-0.4, -0.2) is 116 Å². The predicted molar refractivity (Wildman–Crippen MR) is 148 cm³/mol. The third-order valence-electron chi connectivity index (χ3n) is 9.98. The molecular formula is C29H35FN4O9. The maximum absolute atomic E-state index is 16.6. The number of rotatable bonds is 5. The fraction of sp³-hybridized carbons (Fsp3) is 0.552. The van der Waals surface area contributed by atoms with E-state index in [0.717, 1.165) is 0 Å². The zero-order valence-electron chi connectivity index (χ0n) is 23.7. The number of phenols is 1. The zero-order valence-corrected chi connectivity index (χ0v) is 23.7. The number of likely N-dealkylation sites (N-methyl/N-ethyl adjacent to an activating group) is 1. The molecule has 43 heavy (non-hydrogen) atoms. The molecule has 6 rings (SSSR count). The molecule has 3 aliphatic carbocycles. The van der Waals surface area contributed by atoms with Crippen molar-refractivity contribution >= 4 is 28.9 Å². The van der Waals surface area contributed by atoms with Crippen molar-refractivity contribution in [2.75, 3.05) is 45.7 Å². The first-order valence-corrected chi connectivity index (χ1v) is 14.2. The Morgan fingerprint density at radius 2 is 1.95 bits per heavy atom. The molecule has 2 heterocycles. The number of fused-ring (bicyclic) bond motifs is 6. The third kappa shape index (κ3) is 3.90. The van der Waals surface area contributed by atoms with Gasteiger partial charge in [-0.2, -0.15) is 0 Å². The van der Waals surface area contributed by atoms with Gasteiger partial charge in [-0.3, -0.25) is 24.2 Å². The van der Waals surface area contributed by atoms with Crippen LogP contribution in [-0.2, 0) is 20.8 Å². The van der Waals surface area contributed by atoms with Gasteiger partial charge >= 0.3 is 0 Å². The van der Waals surface area contributed by atoms with Crippen LogP contribution in [0.4, 0.5) is 10.1 Å². The van der Waals surface area contributed by atoms with Crippen LogP contribution in [0.3, 0.4) is 0 Å². The van der Waals surface area contributed by atoms with Gasteiger partial charge in [0.2, 0.25) is 5.78 Å². The highest BCUT2D eigenvalue weighted by Crippen LogP contribution is 2.56. The number of primary amides is 1. The number of likely N-dealkylation sites (tertiary alicyclic amines) is 1. The third-order valence-corrected chi connectivity index (χ3v) is 9.98. The van der Waals surface area contributed by atoms with Crippen molar-refractivity contribution in [2.45, 2.75) is 43.1 Å². The number of nitrogens with one attached hydrogen (secondary N) is 1. The first-order valence-electron chi connectivity index (χ1n) is 14.2. The van der Waals surface area contributed by atoms with E-state index in [2.05, 4.69) is 5.32 Å². The molecule has 2 fully saturated rings. The maximum Gasteiger partial charge on any atom is 0.255 e. The van der Waals surface area contributed by atoms with E-state index in [-0.39, 0.29) is 53.3 Å². The number of aliphatic hydroxyl groups excluding tert-OH is 4. The number of amides is 1. The zero-order chi connectivity index (χ0) is 31.3. The van der Waals surface area contributed by atoms with Crippen LogP contribution in [0.5, 0.6) is 5.75 Å². The van der Waals surface area contributed by atoms with E-state index in [9.17, 15) is 45.0 Å². The summed E-state index contributed by atoms with van der Waals surface area (Å²) >= 11 is 0. The van der Waals surface area contributed by atoms with Gasteiger partial charge in [0.25, 0.3) is 5.91 Å². The van der Waals surface area contributed by atoms with Crippen LogP contribution >= 0.6 is 0 Å². The van der Waals surface area contributed by atoms with Crippen molar-refractivity contribution in [2.24, 2.45) is 23.5 Å². The Bertz CT molecular complexity index is 1520. The van der Waals surface area contributed by atoms with Gasteiger partial charge in [-0.25, -0.2) is 4.39 Å². The molecule has 232 valence electrons. The number of nitrogens with zero attached hydrogens (tertiary/aromatic N) is 2. The molecule has 14 heteroatoms. The van der Waals surface area contributed by atoms with Crippen molar-refractivity contribution in [1.29, 1.82) is 0 Å². The molecule has 0 spiro atoms. The first-order chi connectivity index (χ1) is 20.2. The highest BCUT2D eigenvalue weighted by molar-refractivity contribution is 6.24. The molecule has 2 aliphatic heterocycles. The lowest BCUT2D eigenvalue weighted by Crippen LogP contribution is -2.65. The number of hydrogen-bond donors (Lipinski definition) is 8. The van der Waals surface area contributed by atoms with E-state index >= 15 is 4.39 Å². The number of nitrogens with two attached hydrogens (primary N) is 1. The Kier molecular flexibility index (Phi) is 6.86. The lowest BCUT2D eigenvalue weighted by molar-refractivity contribution is -0.153. The van der Waals surface area contributed by atoms with E-state index in [1.54, 1.807) is 0 Å². The summed E-state index contributed by atoms with van der Waals surface area (Å²) in [6.45, 7) is 0.515. The van der Waals surface area contributed by atoms with Gasteiger partial charge in [0.1, 0.15) is 28.7 Å². The van der Waals surface area contributed by atoms with E-state index in [1.807, 2.05) is 4.90 Å². The summed E-state index contributed by atoms with van der Waals surface area (Å²) < 4.78 is 16.6. The van der Waals surface area contributed by atoms with Gasteiger partial charge in [0.15, 0.2) is 11.4 Å². The number of phenolic OH excluding ortho intramolecular Hbond substituents is 1. The molecule has 1 aromatic rings. The Balaban J connectivity index is 1.52. The number of carbonyl (C=O) groups excluding carboxylic acids is 3. The second-order valence-electron chi connectivity index (χ2n) is 12.5. The quantitative estimate of drug-likeness (QED) is 0.154. The van der Waals surface area contributed by atoms with Gasteiger partial charge in [-0.15, -0.1) is 0 Å². The van der Waals surface area contributed by atoms with Gasteiger partial charge < -0.3 is 41.7 Å². The largest absolute Gasteiger partial charge is 0.508 e. The summed E-state index contributed by atoms with van der Waals surface area (Å²) in [5.41, 5.74) is 1.13. The SMILES string of the molecule is CN(C)[C@@H]1C(=O)C(C(N)=O)=C(O)[C@@]2(O)C(=O)C3=C(O)c4c(O)c5c(c(F)c4C[C@H]3C[C@@H]12)C1C(CCN1CC(O)CO)CN5. The predicted octanol–water partition coefficient (Wildman–Crippen LogP) is -0.755. The topological polar surface area (TPSA) is 217 Å². The first kappa shape index (κ1) is 29.5. The summed E-state index contributed by atoms with van der Waals surface area (Å²) in [5.74, 6) is -8.73. The summed E-state index contributed by atoms with van der Waals surface area (Å²) in [4.78, 5) is 42.7. The average molecular weight is 603 g/mol. The fourth-order valence-corrected chi connectivity index (χ4v) is 8.14. The summed E-state index contributed by atoms with van der Waals surface area (Å²) in [6, 6.07) is -1.77. The molecule has 1 saturated heterocycles. The monoisotopic (exact) mass is 602 g/mol. The molecule has 13 nitrogen and oxygen atoms in total. The number of carbonyl (C=O) groups is 3. The molecule has 1 saturated carbocycles. The Labute approximate surface area is 245 Å². The maximum atomic E-state index is 16.6. The summed E-state index contributed by atoms with van der Waals surface area (Å²) in [7, 11) is 3.00. The lowest BCUT2D eigenvalue weighted by Gasteiger charge is -2.50. The van der Waals surface area contributed by atoms with Gasteiger partial charge in [-0.1, -0.05) is 0 Å². The van der Waals surface area contributed by atoms with Crippen LogP contribution in [0.25, 0.3) is 5.76 Å². The van der Waals surface area contributed by atoms with Crippen molar-refractivity contribution < 1.29 is 49.4 Å². The molecule has 3 unspecified atom stereocenters. The smallest absolute Gasteiger partial charge is 0.255 e. The molecule has 0 radical (unpaired) electrons. The second-order valence-corrected chi connectivity index (χ2v) is 12.5. The number of halogens is 1. The molecule has 0 bridgehead atoms. The van der Waals surface area contributed by atoms with Crippen LogP contribution in [0.1, 0.15) is 35.6 Å². The molecule has 1 amide bonds. The number of hydrogen-bond acceptors (Lipinski definition) is 12. The lowest BCUT2D eigenvalue weighted by atomic mass is 9.57. The number of aliphatic hydroxyl groups is 5. The van der Waals surface area contributed by atoms with Crippen molar-refractivity contribution in [3.8, 4) is 5.75 Å². The highest BCUT2D eigenvalue weighted by atomic mass is 19.1. The summed E-state index contributed by atoms with van der Waals surface area (Å²) in [6.07, 6.45) is -0.680. The van der Waals surface area contributed by atoms with E-state index in [0.29, 0.717) is 19.5 Å². The molecule has 9 N–H and O–H groups in total. The Morgan fingerprint density at radius 1 is 1.26 bits per heavy atom. The van der Waals surface area contributed by atoms with Gasteiger partial charge in [-0.05, 0) is 51.7 Å². The molecular weight excluding hydrogens is 567 g/mol. The number of aromatic hydroxyl groups is 1. The van der Waals surface area contributed by atoms with Crippen molar-refractivity contribution in [3.05, 3.63) is 39.4 Å². The van der Waals surface area contributed by atoms with Crippen LogP contribution < -0.4 is 11.1 Å². The highest BCUT2D eigenvalue weighted by Gasteiger charge is 2.64. The van der Waals surface area contributed by atoms with Crippen LogP contribution in [0, 0.1) is 23.6 Å². The molecule has 5 aliphatic rings. The van der Waals surface area contributed by atoms with E-state index in [1.165, 1.54) is 19.0 Å². The molecule has 0 aromatic heterocycles. The van der Waals surface area contributed by atoms with Gasteiger partial charge in [0, 0.05) is 41.7 Å². The number of benzene rings is 1. The van der Waals surface area contributed by atoms with Gasteiger partial charge in [0.05, 0.1) is 30.0 Å². The van der Waals surface area contributed by atoms with E-state index in [4.69, 9.17) is 5.73 Å². The minimum atomic E-state index is -2.78. The van der Waals surface area contributed by atoms with Crippen LogP contribution in [0.15, 0.2) is 16.9 Å². The minimum absolute atomic E-state index is 0.0306. The van der Waals surface area contributed by atoms with Crippen molar-refractivity contribution in [3.63, 3.8) is 0 Å². The minimum Gasteiger partial charge on any atom is -0.508 e. The van der Waals surface area contributed by atoms with Crippen molar-refractivity contribution in [1.82, 2.24) is 9.80 Å². The number of Topliss-reactive ketones (excluding diaryl/α,β-unsaturated/α-hetero) is 2. The molecule has 7 atom stereocenters. The second kappa shape index (κ2) is 9.99. The van der Waals surface area contributed by atoms with E-state index < -0.39 is 88.4 Å². The number of ketones is 2. The average Bonchev–Trinajstić information content (AvgIpc) is 3.35. The number of anilines is 1. The normalized spacial score (nSPS) is 32.6. The Hall–Kier alpha value is -3.56. The fourth-order valence-electron chi connectivity index (χ4n) is 8.14. The summed E-state index contributed by atoms with van der Waals surface area (Å²) in [5, 5.41) is 68.1. The van der Waals surface area contributed by atoms with Crippen LogP contribution in [0.2, 0.25) is 0 Å². The Morgan fingerprint density at radius 3 is 2.58 bits per heavy atom. The standard InChI is InChI=1S/C29H35FN4O9/c1-33(2)22-14-6-11-5-13-16(23(37)15(11)26(40)29(14,43)27(41)18(25(22)39)28(31)42)24(38)20-17(19(13)30)21-10(7-32-20)3-4-34(21)8-12(36)9-35/h10-12,14,21-22,32,35-38,41,43H,3-9H2,1-2H3,(H2,31,42)/t10?,11-,12?,14-,21?,22-,29-/m0/s1. The molecule has 1 aromatic carbocycles. The number of β-amino-alcohol motifs (C(OH)–C–C–N with tert-alkyl or cyclic N) is 1.